The summed E-state index contributed by atoms with van der Waals surface area (Å²) in [6.07, 6.45) is 0.335. The van der Waals surface area contributed by atoms with Gasteiger partial charge in [0.2, 0.25) is 6.79 Å². The van der Waals surface area contributed by atoms with Crippen molar-refractivity contribution in [2.45, 2.75) is 39.0 Å². The minimum absolute atomic E-state index is 0.0886. The van der Waals surface area contributed by atoms with E-state index in [2.05, 4.69) is 0 Å². The summed E-state index contributed by atoms with van der Waals surface area (Å²) >= 11 is 0. The van der Waals surface area contributed by atoms with E-state index in [0.29, 0.717) is 46.2 Å². The van der Waals surface area contributed by atoms with E-state index in [-0.39, 0.29) is 25.8 Å². The van der Waals surface area contributed by atoms with Crippen molar-refractivity contribution in [1.82, 2.24) is 0 Å². The molecule has 1 unspecified atom stereocenters. The van der Waals surface area contributed by atoms with Crippen molar-refractivity contribution >= 4 is 23.4 Å². The number of ether oxygens (including phenoxy) is 5. The van der Waals surface area contributed by atoms with Crippen molar-refractivity contribution in [2.24, 2.45) is 16.8 Å². The molecule has 0 aromatic heterocycles. The third-order valence-electron chi connectivity index (χ3n) is 7.46. The maximum atomic E-state index is 14.4. The molecule has 0 amide bonds. The number of nitrogens with zero attached hydrogens (tertiary/aromatic N) is 1. The topological polar surface area (TPSA) is 110 Å². The number of Topliss-reactive ketones (excluding diaryl/α,β-unsaturated/α-hetero) is 1. The van der Waals surface area contributed by atoms with Gasteiger partial charge in [-0.1, -0.05) is 18.2 Å². The van der Waals surface area contributed by atoms with Crippen LogP contribution in [0.3, 0.4) is 0 Å². The number of hydrogen-bond donors (Lipinski definition) is 0. The van der Waals surface area contributed by atoms with E-state index in [9.17, 15) is 14.4 Å². The summed E-state index contributed by atoms with van der Waals surface area (Å²) in [6.45, 7) is 5.57. The van der Waals surface area contributed by atoms with Gasteiger partial charge in [0, 0.05) is 23.2 Å². The van der Waals surface area contributed by atoms with Crippen LogP contribution >= 0.6 is 0 Å². The quantitative estimate of drug-likeness (QED) is 0.382. The summed E-state index contributed by atoms with van der Waals surface area (Å²) in [6, 6.07) is 12.7. The number of benzene rings is 2. The summed E-state index contributed by atoms with van der Waals surface area (Å²) in [4.78, 5) is 45.8. The molecular weight excluding hydrogens is 502 g/mol. The molecule has 0 N–H and O–H groups in total. The molecule has 2 aliphatic heterocycles. The maximum Gasteiger partial charge on any atom is 0.336 e. The summed E-state index contributed by atoms with van der Waals surface area (Å²) in [5.41, 5.74) is 2.84. The van der Waals surface area contributed by atoms with Crippen LogP contribution in [0.2, 0.25) is 0 Å². The average Bonchev–Trinajstić information content (AvgIpc) is 3.40. The van der Waals surface area contributed by atoms with Crippen molar-refractivity contribution < 1.29 is 38.1 Å². The van der Waals surface area contributed by atoms with Gasteiger partial charge in [-0.05, 0) is 62.6 Å². The van der Waals surface area contributed by atoms with Crippen LogP contribution in [0.4, 0.5) is 0 Å². The fourth-order valence-electron chi connectivity index (χ4n) is 5.81. The molecule has 1 saturated carbocycles. The first-order chi connectivity index (χ1) is 18.9. The minimum Gasteiger partial charge on any atom is -0.497 e. The summed E-state index contributed by atoms with van der Waals surface area (Å²) in [5, 5.41) is 0. The first-order valence-electron chi connectivity index (χ1n) is 13.1. The number of carbonyl (C=O) groups excluding carboxylic acids is 3. The monoisotopic (exact) mass is 533 g/mol. The van der Waals surface area contributed by atoms with Crippen molar-refractivity contribution in [2.75, 3.05) is 27.1 Å². The van der Waals surface area contributed by atoms with Crippen molar-refractivity contribution in [3.05, 3.63) is 64.9 Å². The molecule has 9 nitrogen and oxygen atoms in total. The Bertz CT molecular complexity index is 1380. The Morgan fingerprint density at radius 1 is 0.974 bits per heavy atom. The standard InChI is InChI=1S/C30H31NO8/c1-5-36-29(33)24-16(3)31-21-14-20(17-8-7-9-19(12-17)35-4)26(30(34)37-6-2)28(32)27(21)25(24)18-10-11-22-23(13-18)39-15-38-22/h7-13,20,25-27H,5-6,14-15H2,1-4H3/t20-,25+,26+,27?/m0/s1. The highest BCUT2D eigenvalue weighted by molar-refractivity contribution is 6.17. The highest BCUT2D eigenvalue weighted by Gasteiger charge is 2.53. The summed E-state index contributed by atoms with van der Waals surface area (Å²) < 4.78 is 27.3. The fraction of sp³-hybridized carbons (Fsp3) is 0.400. The van der Waals surface area contributed by atoms with Gasteiger partial charge in [-0.3, -0.25) is 14.6 Å². The molecule has 204 valence electrons. The number of aliphatic imine (C=N–C) groups is 1. The molecule has 0 saturated heterocycles. The second-order valence-corrected chi connectivity index (χ2v) is 9.61. The summed E-state index contributed by atoms with van der Waals surface area (Å²) in [5.74, 6) is -2.92. The smallest absolute Gasteiger partial charge is 0.336 e. The molecule has 2 aromatic carbocycles. The van der Waals surface area contributed by atoms with Gasteiger partial charge in [0.05, 0.1) is 31.8 Å². The van der Waals surface area contributed by atoms with E-state index >= 15 is 0 Å². The molecule has 0 radical (unpaired) electrons. The minimum atomic E-state index is -1.08. The average molecular weight is 534 g/mol. The lowest BCUT2D eigenvalue weighted by molar-refractivity contribution is -0.153. The van der Waals surface area contributed by atoms with Gasteiger partial charge in [-0.15, -0.1) is 0 Å². The second-order valence-electron chi connectivity index (χ2n) is 9.61. The van der Waals surface area contributed by atoms with Crippen molar-refractivity contribution in [3.63, 3.8) is 0 Å². The zero-order valence-electron chi connectivity index (χ0n) is 22.4. The molecule has 3 aliphatic rings. The van der Waals surface area contributed by atoms with E-state index in [0.717, 1.165) is 5.56 Å². The third-order valence-corrected chi connectivity index (χ3v) is 7.46. The van der Waals surface area contributed by atoms with E-state index in [1.807, 2.05) is 30.3 Å². The zero-order valence-corrected chi connectivity index (χ0v) is 22.4. The normalized spacial score (nSPS) is 23.6. The number of carbonyl (C=O) groups is 3. The van der Waals surface area contributed by atoms with Crippen LogP contribution in [0.25, 0.3) is 0 Å². The van der Waals surface area contributed by atoms with Gasteiger partial charge < -0.3 is 23.7 Å². The Morgan fingerprint density at radius 2 is 1.74 bits per heavy atom. The van der Waals surface area contributed by atoms with Crippen LogP contribution < -0.4 is 14.2 Å². The van der Waals surface area contributed by atoms with E-state index in [1.165, 1.54) is 0 Å². The SMILES string of the molecule is CCOC(=O)C1=C(C)N=C2C[C@@H](c3cccc(OC)c3)[C@@H](C(=O)OCC)C(=O)C2[C@@H]1c1ccc2c(c1)OCO2. The van der Waals surface area contributed by atoms with Crippen LogP contribution in [0.15, 0.2) is 58.7 Å². The molecule has 1 aliphatic carbocycles. The lowest BCUT2D eigenvalue weighted by atomic mass is 9.62. The molecular formula is C30H31NO8. The van der Waals surface area contributed by atoms with Gasteiger partial charge >= 0.3 is 11.9 Å². The highest BCUT2D eigenvalue weighted by Crippen LogP contribution is 2.49. The first-order valence-corrected chi connectivity index (χ1v) is 13.1. The van der Waals surface area contributed by atoms with Crippen LogP contribution in [-0.2, 0) is 23.9 Å². The maximum absolute atomic E-state index is 14.4. The largest absolute Gasteiger partial charge is 0.497 e. The molecule has 1 fully saturated rings. The number of rotatable bonds is 7. The van der Waals surface area contributed by atoms with Gasteiger partial charge in [-0.25, -0.2) is 4.79 Å². The number of ketones is 1. The van der Waals surface area contributed by atoms with Gasteiger partial charge in [0.1, 0.15) is 11.7 Å². The van der Waals surface area contributed by atoms with Crippen LogP contribution in [-0.4, -0.2) is 50.6 Å². The van der Waals surface area contributed by atoms with E-state index in [1.54, 1.807) is 40.0 Å². The van der Waals surface area contributed by atoms with Crippen LogP contribution in [0.1, 0.15) is 50.2 Å². The van der Waals surface area contributed by atoms with Gasteiger partial charge in [-0.2, -0.15) is 0 Å². The Kier molecular flexibility index (Phi) is 7.41. The predicted octanol–water partition coefficient (Wildman–Crippen LogP) is 4.35. The van der Waals surface area contributed by atoms with Crippen LogP contribution in [0, 0.1) is 11.8 Å². The number of fused-ring (bicyclic) bond motifs is 2. The molecule has 2 heterocycles. The lowest BCUT2D eigenvalue weighted by Crippen LogP contribution is -2.48. The fourth-order valence-corrected chi connectivity index (χ4v) is 5.81. The number of allylic oxidation sites excluding steroid dienone is 1. The Morgan fingerprint density at radius 3 is 2.49 bits per heavy atom. The number of methoxy groups -OCH3 is 1. The Balaban J connectivity index is 1.66. The molecule has 0 bridgehead atoms. The molecule has 4 atom stereocenters. The predicted molar refractivity (Wildman–Crippen MR) is 141 cm³/mol. The van der Waals surface area contributed by atoms with E-state index < -0.39 is 35.6 Å². The second kappa shape index (κ2) is 10.9. The molecule has 2 aromatic rings. The zero-order chi connectivity index (χ0) is 27.7. The highest BCUT2D eigenvalue weighted by atomic mass is 16.7. The number of esters is 2. The van der Waals surface area contributed by atoms with Gasteiger partial charge in [0.25, 0.3) is 0 Å². The Labute approximate surface area is 226 Å². The Hall–Kier alpha value is -4.14. The van der Waals surface area contributed by atoms with E-state index in [4.69, 9.17) is 28.7 Å². The van der Waals surface area contributed by atoms with Gasteiger partial charge in [0.15, 0.2) is 17.3 Å². The van der Waals surface area contributed by atoms with Crippen molar-refractivity contribution in [1.29, 1.82) is 0 Å². The first kappa shape index (κ1) is 26.5. The lowest BCUT2D eigenvalue weighted by Gasteiger charge is -2.41. The molecule has 0 spiro atoms. The van der Waals surface area contributed by atoms with Crippen molar-refractivity contribution in [3.8, 4) is 17.2 Å². The molecule has 9 heteroatoms. The van der Waals surface area contributed by atoms with Crippen LogP contribution in [0.5, 0.6) is 17.2 Å². The third kappa shape index (κ3) is 4.77. The molecule has 39 heavy (non-hydrogen) atoms. The number of hydrogen-bond acceptors (Lipinski definition) is 9. The molecule has 5 rings (SSSR count). The summed E-state index contributed by atoms with van der Waals surface area (Å²) in [7, 11) is 1.57.